The van der Waals surface area contributed by atoms with Crippen LogP contribution in [0.15, 0.2) is 48.6 Å². The second-order valence-corrected chi connectivity index (χ2v) is 13.6. The summed E-state index contributed by atoms with van der Waals surface area (Å²) in [6, 6.07) is 0. The van der Waals surface area contributed by atoms with Crippen molar-refractivity contribution in [3.05, 3.63) is 48.6 Å². The number of rotatable bonds is 38. The van der Waals surface area contributed by atoms with Crippen molar-refractivity contribution in [3.63, 3.8) is 0 Å². The molecule has 0 aliphatic carbocycles. The lowest BCUT2D eigenvalue weighted by Gasteiger charge is -2.19. The first-order valence-electron chi connectivity index (χ1n) is 20.3. The van der Waals surface area contributed by atoms with Gasteiger partial charge in [-0.15, -0.1) is 0 Å². The molecule has 0 aromatic carbocycles. The van der Waals surface area contributed by atoms with Crippen molar-refractivity contribution < 1.29 is 14.2 Å². The van der Waals surface area contributed by atoms with Gasteiger partial charge in [0, 0.05) is 13.2 Å². The lowest BCUT2D eigenvalue weighted by atomic mass is 10.1. The predicted molar refractivity (Wildman–Crippen MR) is 208 cm³/mol. The van der Waals surface area contributed by atoms with Crippen LogP contribution in [-0.2, 0) is 14.2 Å². The van der Waals surface area contributed by atoms with E-state index >= 15 is 0 Å². The Balaban J connectivity index is 3.79. The zero-order chi connectivity index (χ0) is 34.1. The summed E-state index contributed by atoms with van der Waals surface area (Å²) in [6.45, 7) is 8.40. The maximum absolute atomic E-state index is 6.12. The summed E-state index contributed by atoms with van der Waals surface area (Å²) in [5.41, 5.74) is 0. The molecule has 0 aromatic rings. The van der Waals surface area contributed by atoms with Gasteiger partial charge in [-0.05, 0) is 104 Å². The summed E-state index contributed by atoms with van der Waals surface area (Å²) in [6.07, 6.45) is 49.8. The molecule has 0 rings (SSSR count). The second-order valence-electron chi connectivity index (χ2n) is 13.6. The molecule has 1 unspecified atom stereocenters. The van der Waals surface area contributed by atoms with Gasteiger partial charge in [-0.2, -0.15) is 0 Å². The highest BCUT2D eigenvalue weighted by molar-refractivity contribution is 4.93. The summed E-state index contributed by atoms with van der Waals surface area (Å²) >= 11 is 0. The van der Waals surface area contributed by atoms with Gasteiger partial charge in [-0.25, -0.2) is 0 Å². The third-order valence-electron chi connectivity index (χ3n) is 8.45. The summed E-state index contributed by atoms with van der Waals surface area (Å²) < 4.78 is 18.2. The van der Waals surface area contributed by atoms with Crippen LogP contribution in [0.1, 0.15) is 174 Å². The summed E-state index contributed by atoms with van der Waals surface area (Å²) in [4.78, 5) is 2.20. The molecule has 0 bridgehead atoms. The Morgan fingerprint density at radius 2 is 0.809 bits per heavy atom. The Hall–Kier alpha value is -1.20. The highest BCUT2D eigenvalue weighted by atomic mass is 16.7. The number of unbranched alkanes of at least 4 members (excludes halogenated alkanes) is 18. The quantitative estimate of drug-likeness (QED) is 0.0375. The van der Waals surface area contributed by atoms with Gasteiger partial charge in [0.25, 0.3) is 0 Å². The molecule has 4 nitrogen and oxygen atoms in total. The maximum Gasteiger partial charge on any atom is 0.180 e. The van der Waals surface area contributed by atoms with Crippen LogP contribution in [0.3, 0.4) is 0 Å². The van der Waals surface area contributed by atoms with Gasteiger partial charge < -0.3 is 19.1 Å². The molecule has 0 spiro atoms. The standard InChI is InChI=1S/C43H81NO3/c1-5-7-9-11-13-15-17-19-21-23-25-27-29-31-33-35-39-45-42-43(47-41-37-38-44(3)4)46-40-36-34-32-30-28-26-24-22-20-18-16-14-12-10-8-6-2/h13-16,19-22,43H,5-12,17-18,23-42H2,1-4H3/b15-13-,16-14-,21-19-,22-20-. The molecule has 276 valence electrons. The molecule has 0 aromatic heterocycles. The van der Waals surface area contributed by atoms with Crippen LogP contribution in [0.2, 0.25) is 0 Å². The van der Waals surface area contributed by atoms with Crippen molar-refractivity contribution in [2.24, 2.45) is 0 Å². The van der Waals surface area contributed by atoms with Crippen LogP contribution in [-0.4, -0.2) is 58.3 Å². The van der Waals surface area contributed by atoms with Gasteiger partial charge >= 0.3 is 0 Å². The van der Waals surface area contributed by atoms with Gasteiger partial charge in [-0.1, -0.05) is 140 Å². The molecule has 0 saturated heterocycles. The Kier molecular flexibility index (Phi) is 39.9. The second kappa shape index (κ2) is 41.0. The van der Waals surface area contributed by atoms with E-state index in [1.807, 2.05) is 0 Å². The molecule has 0 heterocycles. The van der Waals surface area contributed by atoms with Gasteiger partial charge in [0.05, 0.1) is 13.2 Å². The molecule has 0 fully saturated rings. The number of nitrogens with zero attached hydrogens (tertiary/aromatic N) is 1. The molecular weight excluding hydrogens is 578 g/mol. The van der Waals surface area contributed by atoms with E-state index in [1.54, 1.807) is 0 Å². The fourth-order valence-electron chi connectivity index (χ4n) is 5.42. The Morgan fingerprint density at radius 3 is 1.26 bits per heavy atom. The van der Waals surface area contributed by atoms with Gasteiger partial charge in [0.15, 0.2) is 6.29 Å². The number of hydrogen-bond acceptors (Lipinski definition) is 4. The van der Waals surface area contributed by atoms with E-state index < -0.39 is 0 Å². The smallest absolute Gasteiger partial charge is 0.180 e. The Labute approximate surface area is 294 Å². The predicted octanol–water partition coefficient (Wildman–Crippen LogP) is 12.9. The average molecular weight is 660 g/mol. The first-order valence-corrected chi connectivity index (χ1v) is 20.3. The average Bonchev–Trinajstić information content (AvgIpc) is 3.07. The summed E-state index contributed by atoms with van der Waals surface area (Å²) in [7, 11) is 4.21. The summed E-state index contributed by atoms with van der Waals surface area (Å²) in [5, 5.41) is 0. The first-order chi connectivity index (χ1) is 23.2. The lowest BCUT2D eigenvalue weighted by molar-refractivity contribution is -0.173. The fourth-order valence-corrected chi connectivity index (χ4v) is 5.42. The molecule has 0 N–H and O–H groups in total. The topological polar surface area (TPSA) is 30.9 Å². The Bertz CT molecular complexity index is 699. The van der Waals surface area contributed by atoms with E-state index in [2.05, 4.69) is 81.5 Å². The largest absolute Gasteiger partial charge is 0.376 e. The van der Waals surface area contributed by atoms with Crippen molar-refractivity contribution in [3.8, 4) is 0 Å². The van der Waals surface area contributed by atoms with Crippen molar-refractivity contribution >= 4 is 0 Å². The molecule has 47 heavy (non-hydrogen) atoms. The minimum atomic E-state index is -0.236. The van der Waals surface area contributed by atoms with E-state index in [0.29, 0.717) is 6.61 Å². The highest BCUT2D eigenvalue weighted by Crippen LogP contribution is 2.11. The molecule has 0 saturated carbocycles. The van der Waals surface area contributed by atoms with Crippen molar-refractivity contribution in [1.82, 2.24) is 4.90 Å². The van der Waals surface area contributed by atoms with Crippen molar-refractivity contribution in [2.75, 3.05) is 47.1 Å². The van der Waals surface area contributed by atoms with Crippen LogP contribution in [0.4, 0.5) is 0 Å². The van der Waals surface area contributed by atoms with Crippen LogP contribution in [0, 0.1) is 0 Å². The molecule has 0 aliphatic heterocycles. The normalized spacial score (nSPS) is 13.1. The van der Waals surface area contributed by atoms with Gasteiger partial charge in [0.1, 0.15) is 0 Å². The number of allylic oxidation sites excluding steroid dienone is 8. The van der Waals surface area contributed by atoms with Crippen molar-refractivity contribution in [1.29, 1.82) is 0 Å². The van der Waals surface area contributed by atoms with E-state index in [1.165, 1.54) is 128 Å². The third kappa shape index (κ3) is 40.9. The molecule has 0 amide bonds. The highest BCUT2D eigenvalue weighted by Gasteiger charge is 2.10. The van der Waals surface area contributed by atoms with E-state index in [9.17, 15) is 0 Å². The van der Waals surface area contributed by atoms with Gasteiger partial charge in [0.2, 0.25) is 0 Å². The third-order valence-corrected chi connectivity index (χ3v) is 8.45. The minimum absolute atomic E-state index is 0.236. The fraction of sp³-hybridized carbons (Fsp3) is 0.814. The van der Waals surface area contributed by atoms with E-state index in [0.717, 1.165) is 58.5 Å². The zero-order valence-corrected chi connectivity index (χ0v) is 32.1. The molecule has 4 heteroatoms. The number of hydrogen-bond donors (Lipinski definition) is 0. The molecular formula is C43H81NO3. The lowest BCUT2D eigenvalue weighted by Crippen LogP contribution is -2.26. The number of ether oxygens (including phenoxy) is 3. The monoisotopic (exact) mass is 660 g/mol. The van der Waals surface area contributed by atoms with Crippen molar-refractivity contribution in [2.45, 2.75) is 181 Å². The molecule has 1 atom stereocenters. The van der Waals surface area contributed by atoms with E-state index in [-0.39, 0.29) is 6.29 Å². The van der Waals surface area contributed by atoms with Crippen LogP contribution in [0.25, 0.3) is 0 Å². The Morgan fingerprint density at radius 1 is 0.426 bits per heavy atom. The van der Waals surface area contributed by atoms with Crippen LogP contribution in [0.5, 0.6) is 0 Å². The zero-order valence-electron chi connectivity index (χ0n) is 32.1. The minimum Gasteiger partial charge on any atom is -0.376 e. The van der Waals surface area contributed by atoms with E-state index in [4.69, 9.17) is 14.2 Å². The SMILES string of the molecule is CCCCC/C=C\C/C=C\CCCCCCCCOCC(OCCCCCCCC/C=C\C/C=C\CCCCC)OCCCN(C)C. The van der Waals surface area contributed by atoms with Crippen LogP contribution >= 0.6 is 0 Å². The molecule has 0 aliphatic rings. The summed E-state index contributed by atoms with van der Waals surface area (Å²) in [5.74, 6) is 0. The maximum atomic E-state index is 6.12. The van der Waals surface area contributed by atoms with Gasteiger partial charge in [-0.3, -0.25) is 0 Å². The van der Waals surface area contributed by atoms with Crippen LogP contribution < -0.4 is 0 Å². The molecule has 0 radical (unpaired) electrons. The first kappa shape index (κ1) is 45.8.